The molecule has 2 aromatic rings. The highest BCUT2D eigenvalue weighted by atomic mass is 19.4. The van der Waals surface area contributed by atoms with Gasteiger partial charge in [-0.3, -0.25) is 4.79 Å². The molecule has 1 fully saturated rings. The van der Waals surface area contributed by atoms with E-state index in [4.69, 9.17) is 9.47 Å². The van der Waals surface area contributed by atoms with Gasteiger partial charge in [0.25, 0.3) is 5.91 Å². The summed E-state index contributed by atoms with van der Waals surface area (Å²) in [6.45, 7) is 6.27. The zero-order valence-electron chi connectivity index (χ0n) is 29.9. The van der Waals surface area contributed by atoms with Crippen molar-refractivity contribution in [2.24, 2.45) is 5.92 Å². The Bertz CT molecular complexity index is 1450. The maximum atomic E-state index is 14.4. The van der Waals surface area contributed by atoms with Crippen LogP contribution in [0.5, 0.6) is 5.75 Å². The normalized spacial score (nSPS) is 21.8. The largest absolute Gasteiger partial charge is 0.490 e. The molecule has 1 aliphatic heterocycles. The van der Waals surface area contributed by atoms with Crippen molar-refractivity contribution in [3.05, 3.63) is 53.6 Å². The number of urea groups is 2. The number of carbonyl (C=O) groups is 3. The van der Waals surface area contributed by atoms with Gasteiger partial charge in [0.1, 0.15) is 5.75 Å². The smallest absolute Gasteiger partial charge is 0.416 e. The number of halogens is 3. The van der Waals surface area contributed by atoms with E-state index in [9.17, 15) is 32.7 Å². The molecular weight excluding hydrogens is 667 g/mol. The Morgan fingerprint density at radius 2 is 1.63 bits per heavy atom. The quantitative estimate of drug-likeness (QED) is 0.241. The summed E-state index contributed by atoms with van der Waals surface area (Å²) in [5.74, 6) is -0.362. The van der Waals surface area contributed by atoms with Crippen LogP contribution in [0.1, 0.15) is 88.1 Å². The fourth-order valence-electron chi connectivity index (χ4n) is 6.38. The molecule has 1 aliphatic carbocycles. The molecule has 2 aliphatic rings. The van der Waals surface area contributed by atoms with Crippen LogP contribution in [0.3, 0.4) is 0 Å². The van der Waals surface area contributed by atoms with E-state index in [1.54, 1.807) is 35.9 Å². The lowest BCUT2D eigenvalue weighted by Gasteiger charge is -2.36. The Kier molecular flexibility index (Phi) is 14.4. The average molecular weight is 720 g/mol. The summed E-state index contributed by atoms with van der Waals surface area (Å²) in [4.78, 5) is 43.5. The second-order valence-corrected chi connectivity index (χ2v) is 13.8. The van der Waals surface area contributed by atoms with Gasteiger partial charge in [0.2, 0.25) is 0 Å². The monoisotopic (exact) mass is 719 g/mol. The summed E-state index contributed by atoms with van der Waals surface area (Å²) >= 11 is 0. The molecule has 0 spiro atoms. The van der Waals surface area contributed by atoms with Crippen LogP contribution in [0, 0.1) is 5.92 Å². The van der Waals surface area contributed by atoms with Crippen molar-refractivity contribution in [1.82, 2.24) is 15.1 Å². The number of amides is 5. The fraction of sp³-hybridized carbons (Fsp3) is 0.595. The van der Waals surface area contributed by atoms with Crippen molar-refractivity contribution in [2.45, 2.75) is 103 Å². The number of benzene rings is 2. The number of likely N-dealkylation sites (N-methyl/N-ethyl adjacent to an activating group) is 1. The third-order valence-electron chi connectivity index (χ3n) is 9.51. The zero-order chi connectivity index (χ0) is 37.1. The van der Waals surface area contributed by atoms with E-state index in [1.165, 1.54) is 12.5 Å². The maximum Gasteiger partial charge on any atom is 0.416 e. The van der Waals surface area contributed by atoms with Crippen LogP contribution >= 0.6 is 0 Å². The van der Waals surface area contributed by atoms with Gasteiger partial charge in [0, 0.05) is 50.1 Å². The highest BCUT2D eigenvalue weighted by Gasteiger charge is 2.32. The van der Waals surface area contributed by atoms with Crippen molar-refractivity contribution in [1.29, 1.82) is 0 Å². The van der Waals surface area contributed by atoms with Crippen molar-refractivity contribution in [2.75, 3.05) is 44.0 Å². The van der Waals surface area contributed by atoms with Gasteiger partial charge in [-0.05, 0) is 88.4 Å². The number of aliphatic hydroxyl groups excluding tert-OH is 1. The molecule has 5 amide bonds. The molecule has 2 aromatic carbocycles. The molecule has 0 saturated heterocycles. The molecule has 51 heavy (non-hydrogen) atoms. The molecule has 4 atom stereocenters. The molecule has 282 valence electrons. The van der Waals surface area contributed by atoms with E-state index in [0.29, 0.717) is 25.3 Å². The molecular formula is C37H52F3N5O6. The standard InChI is InChI=1S/C37H52F3N5O6/c1-24-21-45(25(2)23-46)34(47)31-20-30(42-35(48)41-29-15-13-27(14-16-29)37(38,39)40)17-18-32(31)51-26(3)10-8-9-19-50-33(24)22-44(4)36(49)43-28-11-6-5-7-12-28/h13-18,20,24-26,28,33,46H,5-12,19,21-23H2,1-4H3,(H,43,49)(H2,41,42,48)/t24-,25+,26-,33-/m1/s1. The summed E-state index contributed by atoms with van der Waals surface area (Å²) in [6, 6.07) is 7.40. The van der Waals surface area contributed by atoms with E-state index in [0.717, 1.165) is 62.8 Å². The summed E-state index contributed by atoms with van der Waals surface area (Å²) in [5, 5.41) is 18.5. The van der Waals surface area contributed by atoms with E-state index < -0.39 is 35.8 Å². The number of hydrogen-bond donors (Lipinski definition) is 4. The van der Waals surface area contributed by atoms with E-state index >= 15 is 0 Å². The Morgan fingerprint density at radius 3 is 2.29 bits per heavy atom. The van der Waals surface area contributed by atoms with Crippen LogP contribution in [0.15, 0.2) is 42.5 Å². The Hall–Kier alpha value is -4.04. The third-order valence-corrected chi connectivity index (χ3v) is 9.51. The number of carbonyl (C=O) groups excluding carboxylic acids is 3. The maximum absolute atomic E-state index is 14.4. The molecule has 0 bridgehead atoms. The predicted molar refractivity (Wildman–Crippen MR) is 189 cm³/mol. The first-order valence-electron chi connectivity index (χ1n) is 17.9. The molecule has 14 heteroatoms. The molecule has 4 N–H and O–H groups in total. The molecule has 0 aromatic heterocycles. The molecule has 0 radical (unpaired) electrons. The van der Waals surface area contributed by atoms with E-state index in [1.807, 2.05) is 13.8 Å². The van der Waals surface area contributed by atoms with Gasteiger partial charge in [-0.2, -0.15) is 13.2 Å². The van der Waals surface area contributed by atoms with Crippen LogP contribution in [0.4, 0.5) is 34.1 Å². The number of alkyl halides is 3. The summed E-state index contributed by atoms with van der Waals surface area (Å²) in [7, 11) is 1.75. The summed E-state index contributed by atoms with van der Waals surface area (Å²) in [5.41, 5.74) is -0.271. The number of hydrogen-bond acceptors (Lipinski definition) is 6. The first kappa shape index (κ1) is 39.7. The van der Waals surface area contributed by atoms with Crippen LogP contribution in [-0.2, 0) is 10.9 Å². The number of ether oxygens (including phenoxy) is 2. The second kappa shape index (κ2) is 18.5. The van der Waals surface area contributed by atoms with Crippen LogP contribution in [0.25, 0.3) is 0 Å². The molecule has 11 nitrogen and oxygen atoms in total. The Morgan fingerprint density at radius 1 is 0.980 bits per heavy atom. The number of aliphatic hydroxyl groups is 1. The van der Waals surface area contributed by atoms with Crippen molar-refractivity contribution < 1.29 is 42.1 Å². The van der Waals surface area contributed by atoms with Crippen LogP contribution in [0.2, 0.25) is 0 Å². The van der Waals surface area contributed by atoms with Gasteiger partial charge >= 0.3 is 18.2 Å². The Balaban J connectivity index is 1.55. The predicted octanol–water partition coefficient (Wildman–Crippen LogP) is 7.12. The minimum absolute atomic E-state index is 0.151. The van der Waals surface area contributed by atoms with Crippen molar-refractivity contribution in [3.8, 4) is 5.75 Å². The minimum Gasteiger partial charge on any atom is -0.490 e. The molecule has 4 rings (SSSR count). The SMILES string of the molecule is C[C@@H]1CCCCO[C@H](CN(C)C(=O)NC2CCCCC2)[C@H](C)CN([C@@H](C)CO)C(=O)c2cc(NC(=O)Nc3ccc(C(F)(F)F)cc3)ccc2O1. The van der Waals surface area contributed by atoms with E-state index in [2.05, 4.69) is 16.0 Å². The number of rotatable bonds is 7. The summed E-state index contributed by atoms with van der Waals surface area (Å²) in [6.07, 6.45) is 2.44. The van der Waals surface area contributed by atoms with Gasteiger partial charge < -0.3 is 40.3 Å². The van der Waals surface area contributed by atoms with Crippen LogP contribution < -0.4 is 20.7 Å². The van der Waals surface area contributed by atoms with Crippen LogP contribution in [-0.4, -0.2) is 90.5 Å². The molecule has 1 saturated carbocycles. The van der Waals surface area contributed by atoms with Gasteiger partial charge in [-0.25, -0.2) is 9.59 Å². The van der Waals surface area contributed by atoms with E-state index in [-0.39, 0.29) is 54.2 Å². The number of nitrogens with zero attached hydrogens (tertiary/aromatic N) is 2. The summed E-state index contributed by atoms with van der Waals surface area (Å²) < 4.78 is 51.5. The third kappa shape index (κ3) is 11.7. The number of anilines is 2. The second-order valence-electron chi connectivity index (χ2n) is 13.8. The highest BCUT2D eigenvalue weighted by molar-refractivity contribution is 6.02. The van der Waals surface area contributed by atoms with Crippen molar-refractivity contribution in [3.63, 3.8) is 0 Å². The van der Waals surface area contributed by atoms with Crippen molar-refractivity contribution >= 4 is 29.3 Å². The fourth-order valence-corrected chi connectivity index (χ4v) is 6.38. The minimum atomic E-state index is -4.50. The lowest BCUT2D eigenvalue weighted by molar-refractivity contribution is -0.137. The lowest BCUT2D eigenvalue weighted by atomic mass is 9.96. The molecule has 1 heterocycles. The molecule has 0 unspecified atom stereocenters. The first-order valence-corrected chi connectivity index (χ1v) is 17.9. The first-order chi connectivity index (χ1) is 24.2. The number of nitrogens with one attached hydrogen (secondary N) is 3. The van der Waals surface area contributed by atoms with Gasteiger partial charge in [-0.1, -0.05) is 26.2 Å². The average Bonchev–Trinajstić information content (AvgIpc) is 3.09. The van der Waals surface area contributed by atoms with Gasteiger partial charge in [0.05, 0.1) is 36.0 Å². The highest BCUT2D eigenvalue weighted by Crippen LogP contribution is 2.31. The van der Waals surface area contributed by atoms with Gasteiger partial charge in [0.15, 0.2) is 0 Å². The topological polar surface area (TPSA) is 132 Å². The lowest BCUT2D eigenvalue weighted by Crippen LogP contribution is -2.50. The number of fused-ring (bicyclic) bond motifs is 1. The Labute approximate surface area is 298 Å². The zero-order valence-corrected chi connectivity index (χ0v) is 29.9. The van der Waals surface area contributed by atoms with Gasteiger partial charge in [-0.15, -0.1) is 0 Å².